The standard InChI is InChI=1S/C17H26ClIN2O2/c1-16(2,3)21(15(22)23-17(4,5)6)10-9-20-14-8-7-12(19)11-13(14)18/h7-8,11,20H,9-10H2,1-6H3. The van der Waals surface area contributed by atoms with E-state index in [0.29, 0.717) is 18.1 Å². The maximum atomic E-state index is 12.4. The Labute approximate surface area is 158 Å². The minimum Gasteiger partial charge on any atom is -0.444 e. The summed E-state index contributed by atoms with van der Waals surface area (Å²) in [5, 5.41) is 3.95. The van der Waals surface area contributed by atoms with Gasteiger partial charge in [-0.05, 0) is 82.3 Å². The molecule has 1 rings (SSSR count). The SMILES string of the molecule is CC(C)(C)OC(=O)N(CCNc1ccc(I)cc1Cl)C(C)(C)C. The van der Waals surface area contributed by atoms with Crippen LogP contribution < -0.4 is 5.32 Å². The fourth-order valence-corrected chi connectivity index (χ4v) is 2.88. The van der Waals surface area contributed by atoms with Crippen molar-refractivity contribution < 1.29 is 9.53 Å². The molecule has 0 heterocycles. The molecule has 130 valence electrons. The number of nitrogens with one attached hydrogen (secondary N) is 1. The number of nitrogens with zero attached hydrogens (tertiary/aromatic N) is 1. The zero-order valence-corrected chi connectivity index (χ0v) is 17.6. The Morgan fingerprint density at radius 1 is 1.26 bits per heavy atom. The first-order valence-electron chi connectivity index (χ1n) is 7.60. The van der Waals surface area contributed by atoms with Gasteiger partial charge in [0.25, 0.3) is 0 Å². The summed E-state index contributed by atoms with van der Waals surface area (Å²) in [4.78, 5) is 14.1. The number of carbonyl (C=O) groups excluding carboxylic acids is 1. The molecule has 1 aromatic carbocycles. The van der Waals surface area contributed by atoms with E-state index >= 15 is 0 Å². The van der Waals surface area contributed by atoms with Crippen LogP contribution in [-0.2, 0) is 4.74 Å². The summed E-state index contributed by atoms with van der Waals surface area (Å²) in [5.74, 6) is 0. The Morgan fingerprint density at radius 3 is 2.35 bits per heavy atom. The predicted molar refractivity (Wildman–Crippen MR) is 105 cm³/mol. The molecule has 1 amide bonds. The molecule has 0 saturated carbocycles. The van der Waals surface area contributed by atoms with Crippen molar-refractivity contribution in [2.45, 2.75) is 52.7 Å². The molecule has 0 unspecified atom stereocenters. The van der Waals surface area contributed by atoms with Crippen LogP contribution in [0.25, 0.3) is 0 Å². The maximum absolute atomic E-state index is 12.4. The monoisotopic (exact) mass is 452 g/mol. The summed E-state index contributed by atoms with van der Waals surface area (Å²) in [5.41, 5.74) is 0.0398. The molecular formula is C17H26ClIN2O2. The van der Waals surface area contributed by atoms with Crippen LogP contribution in [0.2, 0.25) is 5.02 Å². The summed E-state index contributed by atoms with van der Waals surface area (Å²) >= 11 is 8.43. The van der Waals surface area contributed by atoms with Crippen LogP contribution in [-0.4, -0.2) is 35.2 Å². The number of hydrogen-bond donors (Lipinski definition) is 1. The summed E-state index contributed by atoms with van der Waals surface area (Å²) in [7, 11) is 0. The van der Waals surface area contributed by atoms with E-state index in [0.717, 1.165) is 9.26 Å². The van der Waals surface area contributed by atoms with Gasteiger partial charge in [0.15, 0.2) is 0 Å². The van der Waals surface area contributed by atoms with E-state index in [1.54, 1.807) is 4.90 Å². The molecule has 0 aliphatic rings. The van der Waals surface area contributed by atoms with Crippen LogP contribution in [0.4, 0.5) is 10.5 Å². The maximum Gasteiger partial charge on any atom is 0.410 e. The zero-order chi connectivity index (χ0) is 17.8. The van der Waals surface area contributed by atoms with Crippen LogP contribution >= 0.6 is 34.2 Å². The van der Waals surface area contributed by atoms with Crippen LogP contribution in [0.5, 0.6) is 0 Å². The highest BCUT2D eigenvalue weighted by Crippen LogP contribution is 2.24. The first-order chi connectivity index (χ1) is 10.4. The van der Waals surface area contributed by atoms with Crippen LogP contribution in [0.15, 0.2) is 18.2 Å². The van der Waals surface area contributed by atoms with E-state index in [1.165, 1.54) is 0 Å². The van der Waals surface area contributed by atoms with Gasteiger partial charge in [-0.3, -0.25) is 0 Å². The van der Waals surface area contributed by atoms with Gasteiger partial charge in [-0.25, -0.2) is 4.79 Å². The number of benzene rings is 1. The third kappa shape index (κ3) is 7.16. The van der Waals surface area contributed by atoms with Crippen LogP contribution in [0, 0.1) is 3.57 Å². The van der Waals surface area contributed by atoms with Crippen molar-refractivity contribution in [2.75, 3.05) is 18.4 Å². The number of halogens is 2. The molecular weight excluding hydrogens is 427 g/mol. The topological polar surface area (TPSA) is 41.6 Å². The lowest BCUT2D eigenvalue weighted by Gasteiger charge is -2.37. The molecule has 1 N–H and O–H groups in total. The molecule has 1 aromatic rings. The first kappa shape index (κ1) is 20.4. The molecule has 0 spiro atoms. The highest BCUT2D eigenvalue weighted by molar-refractivity contribution is 14.1. The first-order valence-corrected chi connectivity index (χ1v) is 9.05. The highest BCUT2D eigenvalue weighted by atomic mass is 127. The van der Waals surface area contributed by atoms with Crippen molar-refractivity contribution in [1.82, 2.24) is 4.90 Å². The summed E-state index contributed by atoms with van der Waals surface area (Å²) in [6.45, 7) is 12.7. The summed E-state index contributed by atoms with van der Waals surface area (Å²) in [6.07, 6.45) is -0.305. The lowest BCUT2D eigenvalue weighted by molar-refractivity contribution is 0.00749. The minimum absolute atomic E-state index is 0.305. The third-order valence-electron chi connectivity index (χ3n) is 3.01. The number of ether oxygens (including phenoxy) is 1. The Hall–Kier alpha value is -0.690. The van der Waals surface area contributed by atoms with Gasteiger partial charge in [0, 0.05) is 22.2 Å². The lowest BCUT2D eigenvalue weighted by Crippen LogP contribution is -2.49. The van der Waals surface area contributed by atoms with E-state index in [2.05, 4.69) is 27.9 Å². The van der Waals surface area contributed by atoms with Crippen molar-refractivity contribution in [2.24, 2.45) is 0 Å². The van der Waals surface area contributed by atoms with Gasteiger partial charge in [-0.1, -0.05) is 11.6 Å². The third-order valence-corrected chi connectivity index (χ3v) is 3.99. The Bertz CT molecular complexity index is 551. The van der Waals surface area contributed by atoms with Crippen molar-refractivity contribution >= 4 is 46.0 Å². The second kappa shape index (κ2) is 7.92. The number of rotatable bonds is 4. The summed E-state index contributed by atoms with van der Waals surface area (Å²) < 4.78 is 6.59. The normalized spacial score (nSPS) is 12.0. The molecule has 0 aliphatic heterocycles. The minimum atomic E-state index is -0.507. The van der Waals surface area contributed by atoms with E-state index in [9.17, 15) is 4.79 Å². The predicted octanol–water partition coefficient (Wildman–Crippen LogP) is 5.39. The fourth-order valence-electron chi connectivity index (χ4n) is 1.95. The molecule has 4 nitrogen and oxygen atoms in total. The Morgan fingerprint density at radius 2 is 1.87 bits per heavy atom. The number of carbonyl (C=O) groups is 1. The van der Waals surface area contributed by atoms with Crippen molar-refractivity contribution in [1.29, 1.82) is 0 Å². The Balaban J connectivity index is 2.70. The van der Waals surface area contributed by atoms with Crippen molar-refractivity contribution in [3.63, 3.8) is 0 Å². The Kier molecular flexibility index (Phi) is 7.01. The van der Waals surface area contributed by atoms with Gasteiger partial charge in [0.05, 0.1) is 10.7 Å². The van der Waals surface area contributed by atoms with Crippen molar-refractivity contribution in [3.05, 3.63) is 26.8 Å². The zero-order valence-electron chi connectivity index (χ0n) is 14.7. The van der Waals surface area contributed by atoms with E-state index in [4.69, 9.17) is 16.3 Å². The van der Waals surface area contributed by atoms with Gasteiger partial charge in [0.2, 0.25) is 0 Å². The second-order valence-corrected chi connectivity index (χ2v) is 9.01. The molecule has 0 radical (unpaired) electrons. The second-order valence-electron chi connectivity index (χ2n) is 7.35. The molecule has 0 fully saturated rings. The molecule has 0 bridgehead atoms. The molecule has 6 heteroatoms. The largest absolute Gasteiger partial charge is 0.444 e. The molecule has 0 aromatic heterocycles. The van der Waals surface area contributed by atoms with Crippen LogP contribution in [0.1, 0.15) is 41.5 Å². The summed E-state index contributed by atoms with van der Waals surface area (Å²) in [6, 6.07) is 5.84. The van der Waals surface area contributed by atoms with Gasteiger partial charge in [0.1, 0.15) is 5.60 Å². The number of hydrogen-bond acceptors (Lipinski definition) is 3. The van der Waals surface area contributed by atoms with Crippen LogP contribution in [0.3, 0.4) is 0 Å². The molecule has 0 saturated heterocycles. The van der Waals surface area contributed by atoms with Crippen molar-refractivity contribution in [3.8, 4) is 0 Å². The number of anilines is 1. The van der Waals surface area contributed by atoms with Gasteiger partial charge < -0.3 is 15.0 Å². The molecule has 23 heavy (non-hydrogen) atoms. The molecule has 0 atom stereocenters. The number of amides is 1. The average Bonchev–Trinajstić information content (AvgIpc) is 2.32. The van der Waals surface area contributed by atoms with Gasteiger partial charge in [-0.2, -0.15) is 0 Å². The average molecular weight is 453 g/mol. The quantitative estimate of drug-likeness (QED) is 0.623. The fraction of sp³-hybridized carbons (Fsp3) is 0.588. The lowest BCUT2D eigenvalue weighted by atomic mass is 10.1. The molecule has 0 aliphatic carbocycles. The van der Waals surface area contributed by atoms with Gasteiger partial charge >= 0.3 is 6.09 Å². The van der Waals surface area contributed by atoms with E-state index < -0.39 is 5.60 Å². The highest BCUT2D eigenvalue weighted by Gasteiger charge is 2.30. The van der Waals surface area contributed by atoms with E-state index in [-0.39, 0.29) is 11.6 Å². The van der Waals surface area contributed by atoms with E-state index in [1.807, 2.05) is 59.7 Å². The smallest absolute Gasteiger partial charge is 0.410 e. The van der Waals surface area contributed by atoms with Gasteiger partial charge in [-0.15, -0.1) is 0 Å².